The summed E-state index contributed by atoms with van der Waals surface area (Å²) in [5.41, 5.74) is 6.56. The maximum Gasteiger partial charge on any atom is 0.121 e. The molecule has 4 rings (SSSR count). The number of nitrogens with zero attached hydrogens (tertiary/aromatic N) is 6. The lowest BCUT2D eigenvalue weighted by atomic mass is 10.1. The number of anilines is 2. The Hall–Kier alpha value is -3.49. The number of aryl methyl sites for hydroxylation is 1. The van der Waals surface area contributed by atoms with Crippen molar-refractivity contribution in [3.63, 3.8) is 0 Å². The van der Waals surface area contributed by atoms with Crippen LogP contribution < -0.4 is 9.64 Å². The average molecular weight is 475 g/mol. The van der Waals surface area contributed by atoms with E-state index in [4.69, 9.17) is 9.72 Å². The second-order valence-corrected chi connectivity index (χ2v) is 8.56. The van der Waals surface area contributed by atoms with E-state index in [1.807, 2.05) is 25.4 Å². The lowest BCUT2D eigenvalue weighted by Gasteiger charge is -2.27. The molecule has 8 nitrogen and oxygen atoms in total. The van der Waals surface area contributed by atoms with Crippen LogP contribution in [0.25, 0.3) is 22.3 Å². The molecule has 0 amide bonds. The summed E-state index contributed by atoms with van der Waals surface area (Å²) in [6.07, 6.45) is 6.15. The smallest absolute Gasteiger partial charge is 0.121 e. The number of aliphatic hydroxyl groups excluding tert-OH is 1. The Labute approximate surface area is 206 Å². The molecule has 1 N–H and O–H groups in total. The van der Waals surface area contributed by atoms with Crippen LogP contribution in [-0.4, -0.2) is 63.1 Å². The number of aliphatic hydroxyl groups is 1. The van der Waals surface area contributed by atoms with E-state index in [0.29, 0.717) is 13.0 Å². The van der Waals surface area contributed by atoms with Gasteiger partial charge in [-0.1, -0.05) is 13.8 Å². The first-order valence-electron chi connectivity index (χ1n) is 12.1. The minimum Gasteiger partial charge on any atom is -0.497 e. The first kappa shape index (κ1) is 24.6. The van der Waals surface area contributed by atoms with Gasteiger partial charge in [-0.2, -0.15) is 5.10 Å². The van der Waals surface area contributed by atoms with Gasteiger partial charge >= 0.3 is 0 Å². The van der Waals surface area contributed by atoms with Crippen molar-refractivity contribution in [2.45, 2.75) is 26.8 Å². The number of benzene rings is 2. The molecule has 35 heavy (non-hydrogen) atoms. The molecular weight excluding hydrogens is 440 g/mol. The Morgan fingerprint density at radius 2 is 1.83 bits per heavy atom. The number of ether oxygens (including phenoxy) is 1. The molecule has 0 unspecified atom stereocenters. The van der Waals surface area contributed by atoms with Gasteiger partial charge in [-0.05, 0) is 55.4 Å². The van der Waals surface area contributed by atoms with Crippen LogP contribution in [-0.2, 0) is 13.6 Å². The van der Waals surface area contributed by atoms with Crippen LogP contribution in [0.1, 0.15) is 25.8 Å². The second kappa shape index (κ2) is 11.3. The number of hydrogen-bond acceptors (Lipinski definition) is 7. The summed E-state index contributed by atoms with van der Waals surface area (Å²) in [5, 5.41) is 13.8. The van der Waals surface area contributed by atoms with E-state index in [0.717, 1.165) is 59.0 Å². The second-order valence-electron chi connectivity index (χ2n) is 8.56. The molecule has 0 atom stereocenters. The Balaban J connectivity index is 1.75. The van der Waals surface area contributed by atoms with Crippen molar-refractivity contribution in [2.75, 3.05) is 38.3 Å². The minimum atomic E-state index is 0.116. The maximum atomic E-state index is 9.60. The molecule has 0 aliphatic heterocycles. The van der Waals surface area contributed by atoms with Crippen LogP contribution in [0.5, 0.6) is 5.75 Å². The molecule has 0 saturated carbocycles. The highest BCUT2D eigenvalue weighted by molar-refractivity contribution is 5.82. The fraction of sp³-hybridized carbons (Fsp3) is 0.370. The topological polar surface area (TPSA) is 79.5 Å². The summed E-state index contributed by atoms with van der Waals surface area (Å²) in [7, 11) is 3.59. The zero-order valence-electron chi connectivity index (χ0n) is 21.0. The standard InChI is InChI=1S/C27H34N6O2/c1-5-32(6-2)18-20-12-23(14-24(13-20)35-4)33(10-7-11-34)22-8-9-25-26(15-22)30-27(17-28-25)21-16-29-31(3)19-21/h8-9,12-17,19,34H,5-7,10-11,18H2,1-4H3. The fourth-order valence-corrected chi connectivity index (χ4v) is 4.21. The third kappa shape index (κ3) is 5.78. The van der Waals surface area contributed by atoms with Gasteiger partial charge in [0, 0.05) is 55.9 Å². The number of methoxy groups -OCH3 is 1. The van der Waals surface area contributed by atoms with E-state index < -0.39 is 0 Å². The molecule has 4 aromatic rings. The van der Waals surface area contributed by atoms with Crippen LogP contribution in [0.4, 0.5) is 11.4 Å². The zero-order chi connectivity index (χ0) is 24.8. The third-order valence-electron chi connectivity index (χ3n) is 6.18. The van der Waals surface area contributed by atoms with E-state index in [-0.39, 0.29) is 6.61 Å². The molecule has 0 saturated heterocycles. The molecule has 0 bridgehead atoms. The Morgan fingerprint density at radius 1 is 1.00 bits per heavy atom. The summed E-state index contributed by atoms with van der Waals surface area (Å²) >= 11 is 0. The molecule has 0 aliphatic carbocycles. The van der Waals surface area contributed by atoms with Gasteiger partial charge in [-0.15, -0.1) is 0 Å². The van der Waals surface area contributed by atoms with Gasteiger partial charge in [-0.25, -0.2) is 4.98 Å². The molecule has 2 aromatic carbocycles. The third-order valence-corrected chi connectivity index (χ3v) is 6.18. The molecule has 184 valence electrons. The van der Waals surface area contributed by atoms with Crippen molar-refractivity contribution < 1.29 is 9.84 Å². The van der Waals surface area contributed by atoms with Crippen molar-refractivity contribution in [1.29, 1.82) is 0 Å². The highest BCUT2D eigenvalue weighted by atomic mass is 16.5. The van der Waals surface area contributed by atoms with Crippen molar-refractivity contribution in [2.24, 2.45) is 7.05 Å². The largest absolute Gasteiger partial charge is 0.497 e. The van der Waals surface area contributed by atoms with Crippen molar-refractivity contribution in [3.8, 4) is 17.0 Å². The van der Waals surface area contributed by atoms with Crippen LogP contribution in [0.3, 0.4) is 0 Å². The number of fused-ring (bicyclic) bond motifs is 1. The highest BCUT2D eigenvalue weighted by Gasteiger charge is 2.15. The summed E-state index contributed by atoms with van der Waals surface area (Å²) < 4.78 is 7.40. The zero-order valence-corrected chi connectivity index (χ0v) is 21.0. The van der Waals surface area contributed by atoms with Crippen LogP contribution in [0.15, 0.2) is 55.0 Å². The van der Waals surface area contributed by atoms with Crippen LogP contribution in [0.2, 0.25) is 0 Å². The van der Waals surface area contributed by atoms with E-state index >= 15 is 0 Å². The summed E-state index contributed by atoms with van der Waals surface area (Å²) in [6.45, 7) is 7.95. The molecule has 2 aromatic heterocycles. The number of rotatable bonds is 11. The van der Waals surface area contributed by atoms with E-state index in [1.54, 1.807) is 24.2 Å². The summed E-state index contributed by atoms with van der Waals surface area (Å²) in [6, 6.07) is 12.5. The van der Waals surface area contributed by atoms with Crippen LogP contribution in [0, 0.1) is 0 Å². The Kier molecular flexibility index (Phi) is 7.94. The predicted octanol–water partition coefficient (Wildman–Crippen LogP) is 4.40. The molecule has 0 aliphatic rings. The van der Waals surface area contributed by atoms with Gasteiger partial charge in [0.05, 0.1) is 36.2 Å². The first-order valence-corrected chi connectivity index (χ1v) is 12.1. The average Bonchev–Trinajstić information content (AvgIpc) is 3.33. The van der Waals surface area contributed by atoms with Gasteiger partial charge in [0.2, 0.25) is 0 Å². The van der Waals surface area contributed by atoms with Gasteiger partial charge in [0.25, 0.3) is 0 Å². The Morgan fingerprint density at radius 3 is 2.51 bits per heavy atom. The van der Waals surface area contributed by atoms with Gasteiger partial charge in [0.1, 0.15) is 5.75 Å². The summed E-state index contributed by atoms with van der Waals surface area (Å²) in [4.78, 5) is 14.1. The molecule has 0 fully saturated rings. The monoisotopic (exact) mass is 474 g/mol. The van der Waals surface area contributed by atoms with Crippen molar-refractivity contribution in [1.82, 2.24) is 24.6 Å². The van der Waals surface area contributed by atoms with Gasteiger partial charge in [0.15, 0.2) is 0 Å². The molecule has 0 radical (unpaired) electrons. The lowest BCUT2D eigenvalue weighted by Crippen LogP contribution is -2.23. The SMILES string of the molecule is CCN(CC)Cc1cc(OC)cc(N(CCCO)c2ccc3ncc(-c4cnn(C)c4)nc3c2)c1. The molecular formula is C27H34N6O2. The number of hydrogen-bond donors (Lipinski definition) is 1. The van der Waals surface area contributed by atoms with Crippen LogP contribution >= 0.6 is 0 Å². The van der Waals surface area contributed by atoms with Gasteiger partial charge in [-0.3, -0.25) is 14.6 Å². The van der Waals surface area contributed by atoms with E-state index in [1.165, 1.54) is 5.56 Å². The van der Waals surface area contributed by atoms with Crippen molar-refractivity contribution in [3.05, 3.63) is 60.6 Å². The predicted molar refractivity (Wildman–Crippen MR) is 140 cm³/mol. The quantitative estimate of drug-likeness (QED) is 0.345. The minimum absolute atomic E-state index is 0.116. The first-order chi connectivity index (χ1) is 17.0. The Bertz CT molecular complexity index is 1270. The molecule has 8 heteroatoms. The fourth-order valence-electron chi connectivity index (χ4n) is 4.21. The molecule has 2 heterocycles. The molecule has 0 spiro atoms. The van der Waals surface area contributed by atoms with Crippen molar-refractivity contribution >= 4 is 22.4 Å². The van der Waals surface area contributed by atoms with E-state index in [2.05, 4.69) is 58.0 Å². The van der Waals surface area contributed by atoms with E-state index in [9.17, 15) is 5.11 Å². The lowest BCUT2D eigenvalue weighted by molar-refractivity contribution is 0.290. The number of aromatic nitrogens is 4. The van der Waals surface area contributed by atoms with Gasteiger partial charge < -0.3 is 14.7 Å². The maximum absolute atomic E-state index is 9.60. The normalized spacial score (nSPS) is 11.4. The summed E-state index contributed by atoms with van der Waals surface area (Å²) in [5.74, 6) is 0.818. The highest BCUT2D eigenvalue weighted by Crippen LogP contribution is 2.32.